The Kier molecular flexibility index (Phi) is 7.81. The van der Waals surface area contributed by atoms with E-state index < -0.39 is 17.4 Å². The van der Waals surface area contributed by atoms with Crippen molar-refractivity contribution in [1.82, 2.24) is 18.8 Å². The lowest BCUT2D eigenvalue weighted by atomic mass is 10.1. The Labute approximate surface area is 229 Å². The highest BCUT2D eigenvalue weighted by molar-refractivity contribution is 7.77. The van der Waals surface area contributed by atoms with Crippen LogP contribution in [0.15, 0.2) is 91.3 Å². The Balaban J connectivity index is 1.32. The van der Waals surface area contributed by atoms with Gasteiger partial charge < -0.3 is 4.74 Å². The second-order valence-electron chi connectivity index (χ2n) is 9.09. The molecular formula is C30H28N4O4S. The average Bonchev–Trinajstić information content (AvgIpc) is 3.33. The number of hydrogen-bond acceptors (Lipinski definition) is 5. The molecule has 1 amide bonds. The molecule has 0 aliphatic rings. The molecule has 3 aromatic carbocycles. The van der Waals surface area contributed by atoms with E-state index in [2.05, 4.69) is 34.7 Å². The van der Waals surface area contributed by atoms with Crippen LogP contribution in [-0.2, 0) is 24.1 Å². The SMILES string of the molecule is CCc1nc2cc(-c3cccnc3)ccc2n1-c1ccc(CCN(C(=O)Oc2ccc(C)cc2)S(=O)O)cc1. The number of aromatic nitrogens is 3. The lowest BCUT2D eigenvalue weighted by Gasteiger charge is -2.17. The molecule has 198 valence electrons. The van der Waals surface area contributed by atoms with Crippen LogP contribution in [0.4, 0.5) is 4.79 Å². The number of ether oxygens (including phenoxy) is 1. The van der Waals surface area contributed by atoms with Crippen molar-refractivity contribution in [2.24, 2.45) is 0 Å². The first kappa shape index (κ1) is 26.3. The molecule has 5 rings (SSSR count). The maximum Gasteiger partial charge on any atom is 0.428 e. The van der Waals surface area contributed by atoms with E-state index in [-0.39, 0.29) is 6.54 Å². The molecule has 2 heterocycles. The molecule has 1 N–H and O–H groups in total. The highest BCUT2D eigenvalue weighted by atomic mass is 32.2. The van der Waals surface area contributed by atoms with E-state index in [1.165, 1.54) is 0 Å². The molecule has 2 aromatic heterocycles. The maximum absolute atomic E-state index is 12.5. The van der Waals surface area contributed by atoms with Crippen molar-refractivity contribution >= 4 is 28.4 Å². The zero-order chi connectivity index (χ0) is 27.4. The van der Waals surface area contributed by atoms with Gasteiger partial charge in [0.15, 0.2) is 0 Å². The van der Waals surface area contributed by atoms with E-state index in [1.807, 2.05) is 49.5 Å². The smallest absolute Gasteiger partial charge is 0.410 e. The summed E-state index contributed by atoms with van der Waals surface area (Å²) in [5.74, 6) is 1.26. The lowest BCUT2D eigenvalue weighted by molar-refractivity contribution is 0.178. The quantitative estimate of drug-likeness (QED) is 0.238. The third-order valence-corrected chi connectivity index (χ3v) is 7.16. The van der Waals surface area contributed by atoms with Gasteiger partial charge in [0.1, 0.15) is 11.6 Å². The first-order valence-electron chi connectivity index (χ1n) is 12.6. The number of carbonyl (C=O) groups excluding carboxylic acids is 1. The fraction of sp³-hybridized carbons (Fsp3) is 0.167. The largest absolute Gasteiger partial charge is 0.428 e. The van der Waals surface area contributed by atoms with Crippen LogP contribution in [0.1, 0.15) is 23.9 Å². The standard InChI is InChI=1S/C30H28N4O4S/c1-3-29-32-27-19-23(24-5-4-17-31-20-24)10-15-28(27)34(29)25-11-8-22(9-12-25)16-18-33(39(36)37)30(35)38-26-13-6-21(2)7-14-26/h4-15,17,19-20H,3,16,18H2,1-2H3,(H,36,37). The van der Waals surface area contributed by atoms with Crippen molar-refractivity contribution in [3.05, 3.63) is 108 Å². The summed E-state index contributed by atoms with van der Waals surface area (Å²) < 4.78 is 29.7. The molecule has 0 aliphatic heterocycles. The summed E-state index contributed by atoms with van der Waals surface area (Å²) in [4.78, 5) is 21.6. The first-order valence-corrected chi connectivity index (χ1v) is 13.7. The van der Waals surface area contributed by atoms with Gasteiger partial charge >= 0.3 is 6.09 Å². The van der Waals surface area contributed by atoms with E-state index in [9.17, 15) is 13.6 Å². The Morgan fingerprint density at radius 2 is 1.79 bits per heavy atom. The molecule has 0 bridgehead atoms. The summed E-state index contributed by atoms with van der Waals surface area (Å²) in [7, 11) is 0. The molecule has 0 radical (unpaired) electrons. The van der Waals surface area contributed by atoms with Crippen LogP contribution in [-0.4, -0.2) is 40.2 Å². The van der Waals surface area contributed by atoms with Gasteiger partial charge in [-0.25, -0.2) is 18.3 Å². The van der Waals surface area contributed by atoms with E-state index in [4.69, 9.17) is 9.72 Å². The topological polar surface area (TPSA) is 97.5 Å². The Morgan fingerprint density at radius 3 is 2.46 bits per heavy atom. The molecule has 39 heavy (non-hydrogen) atoms. The van der Waals surface area contributed by atoms with Crippen molar-refractivity contribution in [2.75, 3.05) is 6.54 Å². The number of imidazole rings is 1. The van der Waals surface area contributed by atoms with Gasteiger partial charge in [0.05, 0.1) is 11.0 Å². The van der Waals surface area contributed by atoms with Crippen molar-refractivity contribution in [1.29, 1.82) is 0 Å². The van der Waals surface area contributed by atoms with Crippen LogP contribution in [0.2, 0.25) is 0 Å². The number of carbonyl (C=O) groups is 1. The number of benzene rings is 3. The third-order valence-electron chi connectivity index (χ3n) is 6.45. The summed E-state index contributed by atoms with van der Waals surface area (Å²) in [6.07, 6.45) is 3.87. The molecule has 0 aliphatic carbocycles. The minimum atomic E-state index is -2.51. The third kappa shape index (κ3) is 5.89. The van der Waals surface area contributed by atoms with E-state index in [0.717, 1.165) is 55.5 Å². The second-order valence-corrected chi connectivity index (χ2v) is 9.99. The van der Waals surface area contributed by atoms with Crippen molar-refractivity contribution in [2.45, 2.75) is 26.7 Å². The molecule has 9 heteroatoms. The number of hydrogen-bond donors (Lipinski definition) is 1. The summed E-state index contributed by atoms with van der Waals surface area (Å²) in [5.41, 5.74) is 6.91. The van der Waals surface area contributed by atoms with Gasteiger partial charge in [-0.3, -0.25) is 14.1 Å². The zero-order valence-electron chi connectivity index (χ0n) is 21.7. The van der Waals surface area contributed by atoms with Crippen LogP contribution in [0.25, 0.3) is 27.8 Å². The van der Waals surface area contributed by atoms with Gasteiger partial charge in [-0.2, -0.15) is 0 Å². The van der Waals surface area contributed by atoms with Crippen molar-refractivity contribution in [3.8, 4) is 22.6 Å². The molecule has 0 saturated heterocycles. The number of fused-ring (bicyclic) bond motifs is 1. The second kappa shape index (κ2) is 11.6. The Hall–Kier alpha value is -4.34. The van der Waals surface area contributed by atoms with Crippen molar-refractivity contribution in [3.63, 3.8) is 0 Å². The van der Waals surface area contributed by atoms with Crippen LogP contribution >= 0.6 is 0 Å². The van der Waals surface area contributed by atoms with Gasteiger partial charge in [-0.1, -0.05) is 48.9 Å². The Bertz CT molecular complexity index is 1620. The predicted molar refractivity (Wildman–Crippen MR) is 152 cm³/mol. The summed E-state index contributed by atoms with van der Waals surface area (Å²) in [6.45, 7) is 4.02. The molecular weight excluding hydrogens is 512 g/mol. The summed E-state index contributed by atoms with van der Waals surface area (Å²) in [6, 6.07) is 25.0. The predicted octanol–water partition coefficient (Wildman–Crippen LogP) is 6.14. The van der Waals surface area contributed by atoms with Gasteiger partial charge in [-0.15, -0.1) is 0 Å². The Morgan fingerprint density at radius 1 is 1.03 bits per heavy atom. The highest BCUT2D eigenvalue weighted by Crippen LogP contribution is 2.27. The van der Waals surface area contributed by atoms with E-state index in [0.29, 0.717) is 12.2 Å². The number of nitrogens with zero attached hydrogens (tertiary/aromatic N) is 4. The lowest BCUT2D eigenvalue weighted by Crippen LogP contribution is -2.36. The van der Waals surface area contributed by atoms with Gasteiger partial charge in [-0.05, 0) is 66.9 Å². The fourth-order valence-corrected chi connectivity index (χ4v) is 4.81. The monoisotopic (exact) mass is 540 g/mol. The van der Waals surface area contributed by atoms with E-state index >= 15 is 0 Å². The maximum atomic E-state index is 12.5. The molecule has 8 nitrogen and oxygen atoms in total. The van der Waals surface area contributed by atoms with Crippen LogP contribution in [0.3, 0.4) is 0 Å². The zero-order valence-corrected chi connectivity index (χ0v) is 22.5. The van der Waals surface area contributed by atoms with Gasteiger partial charge in [0.2, 0.25) is 0 Å². The normalized spacial score (nSPS) is 11.9. The number of aryl methyl sites for hydroxylation is 2. The molecule has 0 spiro atoms. The average molecular weight is 541 g/mol. The van der Waals surface area contributed by atoms with Gasteiger partial charge in [0.25, 0.3) is 11.3 Å². The summed E-state index contributed by atoms with van der Waals surface area (Å²) in [5, 5.41) is 0. The van der Waals surface area contributed by atoms with E-state index in [1.54, 1.807) is 30.5 Å². The molecule has 0 fully saturated rings. The highest BCUT2D eigenvalue weighted by Gasteiger charge is 2.21. The molecule has 0 saturated carbocycles. The molecule has 5 aromatic rings. The summed E-state index contributed by atoms with van der Waals surface area (Å²) >= 11 is -2.51. The van der Waals surface area contributed by atoms with Crippen LogP contribution in [0, 0.1) is 6.92 Å². The first-order chi connectivity index (χ1) is 18.9. The number of pyridine rings is 1. The van der Waals surface area contributed by atoms with Crippen LogP contribution in [0.5, 0.6) is 5.75 Å². The fourth-order valence-electron chi connectivity index (χ4n) is 4.40. The minimum Gasteiger partial charge on any atom is -0.410 e. The van der Waals surface area contributed by atoms with Crippen molar-refractivity contribution < 1.29 is 18.3 Å². The molecule has 1 unspecified atom stereocenters. The van der Waals surface area contributed by atoms with Gasteiger partial charge in [0, 0.05) is 36.6 Å². The van der Waals surface area contributed by atoms with Crippen LogP contribution < -0.4 is 4.74 Å². The number of rotatable bonds is 8. The number of amides is 1. The molecule has 1 atom stereocenters. The minimum absolute atomic E-state index is 0.0263.